The van der Waals surface area contributed by atoms with Gasteiger partial charge in [0.25, 0.3) is 0 Å². The highest BCUT2D eigenvalue weighted by molar-refractivity contribution is 5.83. The quantitative estimate of drug-likeness (QED) is 0.848. The van der Waals surface area contributed by atoms with E-state index in [1.54, 1.807) is 0 Å². The maximum absolute atomic E-state index is 13.6. The molecule has 2 fully saturated rings. The van der Waals surface area contributed by atoms with Crippen LogP contribution in [0.5, 0.6) is 0 Å². The Morgan fingerprint density at radius 3 is 2.55 bits per heavy atom. The molecule has 2 aliphatic rings. The number of rotatable bonds is 3. The monoisotopic (exact) mass is 279 g/mol. The maximum atomic E-state index is 13.6. The van der Waals surface area contributed by atoms with Crippen molar-refractivity contribution >= 4 is 5.78 Å². The summed E-state index contributed by atoms with van der Waals surface area (Å²) < 4.78 is 26.8. The maximum Gasteiger partial charge on any atom is 0.162 e. The van der Waals surface area contributed by atoms with E-state index in [1.165, 1.54) is 12.1 Å². The molecule has 0 aromatic heterocycles. The minimum atomic E-state index is -0.878. The lowest BCUT2D eigenvalue weighted by Crippen LogP contribution is -2.42. The Kier molecular flexibility index (Phi) is 3.59. The Labute approximate surface area is 117 Å². The van der Waals surface area contributed by atoms with Crippen LogP contribution in [0.4, 0.5) is 8.78 Å². The molecule has 2 aliphatic heterocycles. The van der Waals surface area contributed by atoms with Crippen molar-refractivity contribution in [1.82, 2.24) is 4.90 Å². The van der Waals surface area contributed by atoms with Crippen molar-refractivity contribution in [3.63, 3.8) is 0 Å². The zero-order valence-electron chi connectivity index (χ0n) is 11.6. The van der Waals surface area contributed by atoms with Gasteiger partial charge in [0, 0.05) is 24.4 Å². The molecule has 0 spiro atoms. The third kappa shape index (κ3) is 2.37. The molecule has 1 aromatic rings. The molecule has 4 heteroatoms. The van der Waals surface area contributed by atoms with Crippen LogP contribution >= 0.6 is 0 Å². The molecule has 2 atom stereocenters. The average Bonchev–Trinajstić information content (AvgIpc) is 2.66. The van der Waals surface area contributed by atoms with E-state index in [0.29, 0.717) is 12.1 Å². The Balaban J connectivity index is 1.70. The van der Waals surface area contributed by atoms with Gasteiger partial charge >= 0.3 is 0 Å². The first kappa shape index (κ1) is 13.7. The first-order valence-electron chi connectivity index (χ1n) is 7.23. The number of piperidine rings is 1. The molecule has 2 nitrogen and oxygen atoms in total. The van der Waals surface area contributed by atoms with Crippen LogP contribution in [0.2, 0.25) is 0 Å². The van der Waals surface area contributed by atoms with Gasteiger partial charge in [-0.1, -0.05) is 12.1 Å². The Morgan fingerprint density at radius 1 is 1.25 bits per heavy atom. The summed E-state index contributed by atoms with van der Waals surface area (Å²) in [6, 6.07) is 5.01. The Hall–Kier alpha value is -1.29. The molecule has 2 heterocycles. The van der Waals surface area contributed by atoms with Gasteiger partial charge in [0.15, 0.2) is 11.6 Å². The highest BCUT2D eigenvalue weighted by Crippen LogP contribution is 2.38. The smallest absolute Gasteiger partial charge is 0.162 e. The van der Waals surface area contributed by atoms with Crippen molar-refractivity contribution in [3.8, 4) is 0 Å². The van der Waals surface area contributed by atoms with Crippen LogP contribution in [0.3, 0.4) is 0 Å². The van der Waals surface area contributed by atoms with Gasteiger partial charge in [-0.05, 0) is 44.4 Å². The van der Waals surface area contributed by atoms with Crippen LogP contribution in [0.1, 0.15) is 31.2 Å². The number of nitrogens with zero attached hydrogens (tertiary/aromatic N) is 1. The number of carbonyl (C=O) groups is 1. The molecule has 2 bridgehead atoms. The summed E-state index contributed by atoms with van der Waals surface area (Å²) in [4.78, 5) is 14.7. The first-order chi connectivity index (χ1) is 9.56. The molecule has 2 saturated heterocycles. The van der Waals surface area contributed by atoms with Crippen LogP contribution < -0.4 is 0 Å². The average molecular weight is 279 g/mol. The normalized spacial score (nSPS) is 29.6. The molecule has 0 radical (unpaired) electrons. The van der Waals surface area contributed by atoms with Gasteiger partial charge < -0.3 is 4.90 Å². The molecule has 2 unspecified atom stereocenters. The van der Waals surface area contributed by atoms with E-state index in [4.69, 9.17) is 0 Å². The lowest BCUT2D eigenvalue weighted by molar-refractivity contribution is -0.124. The molecule has 0 saturated carbocycles. The number of ketones is 1. The van der Waals surface area contributed by atoms with E-state index in [9.17, 15) is 13.6 Å². The third-order valence-corrected chi connectivity index (χ3v) is 4.95. The predicted octanol–water partition coefficient (Wildman–Crippen LogP) is 2.95. The number of halogens is 2. The highest BCUT2D eigenvalue weighted by atomic mass is 19.2. The molecule has 0 N–H and O–H groups in total. The van der Waals surface area contributed by atoms with Gasteiger partial charge in [0.2, 0.25) is 0 Å². The fourth-order valence-corrected chi connectivity index (χ4v) is 3.69. The van der Waals surface area contributed by atoms with Crippen LogP contribution in [0.15, 0.2) is 18.2 Å². The first-order valence-corrected chi connectivity index (χ1v) is 7.23. The number of Topliss-reactive ketones (excluding diaryl/α,β-unsaturated/α-hetero) is 1. The second-order valence-corrected chi connectivity index (χ2v) is 6.07. The SMILES string of the molecule is CN1C2CCC1CC(C(=O)Cc1cccc(F)c1F)C2. The molecular formula is C16H19F2NO. The second kappa shape index (κ2) is 5.24. The van der Waals surface area contributed by atoms with Crippen LogP contribution in [-0.2, 0) is 11.2 Å². The van der Waals surface area contributed by atoms with Crippen molar-refractivity contribution in [1.29, 1.82) is 0 Å². The molecule has 0 amide bonds. The van der Waals surface area contributed by atoms with Gasteiger partial charge in [-0.15, -0.1) is 0 Å². The van der Waals surface area contributed by atoms with E-state index in [0.717, 1.165) is 31.7 Å². The molecule has 3 rings (SSSR count). The van der Waals surface area contributed by atoms with Gasteiger partial charge in [0.1, 0.15) is 5.78 Å². The van der Waals surface area contributed by atoms with Crippen molar-refractivity contribution < 1.29 is 13.6 Å². The van der Waals surface area contributed by atoms with E-state index in [2.05, 4.69) is 11.9 Å². The topological polar surface area (TPSA) is 20.3 Å². The van der Waals surface area contributed by atoms with Crippen LogP contribution in [0.25, 0.3) is 0 Å². The Morgan fingerprint density at radius 2 is 1.90 bits per heavy atom. The molecule has 108 valence electrons. The standard InChI is InChI=1S/C16H19F2NO/c1-19-12-5-6-13(19)8-11(7-12)15(20)9-10-3-2-4-14(17)16(10)18/h2-4,11-13H,5-9H2,1H3. The number of benzene rings is 1. The summed E-state index contributed by atoms with van der Waals surface area (Å²) in [6.07, 6.45) is 4.04. The lowest BCUT2D eigenvalue weighted by Gasteiger charge is -2.35. The second-order valence-electron chi connectivity index (χ2n) is 6.07. The van der Waals surface area contributed by atoms with E-state index >= 15 is 0 Å². The summed E-state index contributed by atoms with van der Waals surface area (Å²) in [7, 11) is 2.12. The summed E-state index contributed by atoms with van der Waals surface area (Å²) in [5.74, 6) is -1.69. The van der Waals surface area contributed by atoms with E-state index in [1.807, 2.05) is 0 Å². The number of carbonyl (C=O) groups excluding carboxylic acids is 1. The van der Waals surface area contributed by atoms with E-state index < -0.39 is 11.6 Å². The largest absolute Gasteiger partial charge is 0.300 e. The van der Waals surface area contributed by atoms with Crippen molar-refractivity contribution in [3.05, 3.63) is 35.4 Å². The van der Waals surface area contributed by atoms with Crippen LogP contribution in [-0.4, -0.2) is 29.8 Å². The third-order valence-electron chi connectivity index (χ3n) is 4.95. The van der Waals surface area contributed by atoms with Gasteiger partial charge in [-0.2, -0.15) is 0 Å². The molecule has 20 heavy (non-hydrogen) atoms. The summed E-state index contributed by atoms with van der Waals surface area (Å²) in [6.45, 7) is 0. The number of fused-ring (bicyclic) bond motifs is 2. The Bertz CT molecular complexity index is 517. The van der Waals surface area contributed by atoms with Gasteiger partial charge in [-0.3, -0.25) is 4.79 Å². The van der Waals surface area contributed by atoms with Crippen molar-refractivity contribution in [2.75, 3.05) is 7.05 Å². The minimum Gasteiger partial charge on any atom is -0.300 e. The fourth-order valence-electron chi connectivity index (χ4n) is 3.69. The lowest BCUT2D eigenvalue weighted by atomic mass is 9.85. The minimum absolute atomic E-state index is 0.00590. The van der Waals surface area contributed by atoms with Crippen LogP contribution in [0, 0.1) is 17.6 Å². The van der Waals surface area contributed by atoms with E-state index in [-0.39, 0.29) is 23.7 Å². The van der Waals surface area contributed by atoms with Gasteiger partial charge in [0.05, 0.1) is 0 Å². The van der Waals surface area contributed by atoms with Crippen molar-refractivity contribution in [2.45, 2.75) is 44.2 Å². The molecule has 0 aliphatic carbocycles. The fraction of sp³-hybridized carbons (Fsp3) is 0.562. The summed E-state index contributed by atoms with van der Waals surface area (Å²) in [5, 5.41) is 0. The highest BCUT2D eigenvalue weighted by Gasteiger charge is 2.40. The predicted molar refractivity (Wildman–Crippen MR) is 72.4 cm³/mol. The molecular weight excluding hydrogens is 260 g/mol. The number of hydrogen-bond donors (Lipinski definition) is 0. The summed E-state index contributed by atoms with van der Waals surface area (Å²) >= 11 is 0. The van der Waals surface area contributed by atoms with Gasteiger partial charge in [-0.25, -0.2) is 8.78 Å². The zero-order chi connectivity index (χ0) is 14.3. The van der Waals surface area contributed by atoms with Crippen molar-refractivity contribution in [2.24, 2.45) is 5.92 Å². The zero-order valence-corrected chi connectivity index (χ0v) is 11.6. The molecule has 1 aromatic carbocycles. The number of hydrogen-bond acceptors (Lipinski definition) is 2. The summed E-state index contributed by atoms with van der Waals surface area (Å²) in [5.41, 5.74) is 0.182.